The van der Waals surface area contributed by atoms with Gasteiger partial charge in [0.05, 0.1) is 6.04 Å². The summed E-state index contributed by atoms with van der Waals surface area (Å²) in [6.45, 7) is 7.72. The predicted molar refractivity (Wildman–Crippen MR) is 84.5 cm³/mol. The van der Waals surface area contributed by atoms with Crippen LogP contribution in [-0.2, 0) is 4.79 Å². The number of likely N-dealkylation sites (tertiary alicyclic amines) is 1. The number of piperidine rings is 1. The van der Waals surface area contributed by atoms with Crippen molar-refractivity contribution in [3.05, 3.63) is 29.8 Å². The van der Waals surface area contributed by atoms with Gasteiger partial charge in [0.2, 0.25) is 5.91 Å². The summed E-state index contributed by atoms with van der Waals surface area (Å²) in [4.78, 5) is 25.8. The van der Waals surface area contributed by atoms with E-state index in [4.69, 9.17) is 0 Å². The third-order valence-corrected chi connectivity index (χ3v) is 4.30. The highest BCUT2D eigenvalue weighted by Gasteiger charge is 2.24. The van der Waals surface area contributed by atoms with Crippen LogP contribution in [-0.4, -0.2) is 35.7 Å². The third kappa shape index (κ3) is 4.14. The quantitative estimate of drug-likeness (QED) is 0.867. The fraction of sp³-hybridized carbons (Fsp3) is 0.529. The highest BCUT2D eigenvalue weighted by molar-refractivity contribution is 5.96. The van der Waals surface area contributed by atoms with Crippen molar-refractivity contribution in [1.29, 1.82) is 0 Å². The van der Waals surface area contributed by atoms with E-state index in [2.05, 4.69) is 17.1 Å². The first-order valence-electron chi connectivity index (χ1n) is 7.63. The van der Waals surface area contributed by atoms with Crippen molar-refractivity contribution in [2.75, 3.05) is 18.4 Å². The summed E-state index contributed by atoms with van der Waals surface area (Å²) in [6.07, 6.45) is 2.32. The molecular formula is C17H24N2O2. The molecule has 1 saturated heterocycles. The molecule has 1 aromatic rings. The number of hydrogen-bond acceptors (Lipinski definition) is 3. The monoisotopic (exact) mass is 288 g/mol. The second-order valence-electron chi connectivity index (χ2n) is 6.02. The highest BCUT2D eigenvalue weighted by atomic mass is 16.2. The number of nitrogens with zero attached hydrogens (tertiary/aromatic N) is 1. The maximum Gasteiger partial charge on any atom is 0.241 e. The first-order chi connectivity index (χ1) is 9.97. The molecule has 0 aromatic heterocycles. The molecule has 2 rings (SSSR count). The van der Waals surface area contributed by atoms with E-state index in [0.717, 1.165) is 37.5 Å². The largest absolute Gasteiger partial charge is 0.325 e. The number of rotatable bonds is 4. The summed E-state index contributed by atoms with van der Waals surface area (Å²) >= 11 is 0. The number of anilines is 1. The Morgan fingerprint density at radius 3 is 2.29 bits per heavy atom. The van der Waals surface area contributed by atoms with Crippen LogP contribution < -0.4 is 5.32 Å². The lowest BCUT2D eigenvalue weighted by molar-refractivity contribution is -0.121. The summed E-state index contributed by atoms with van der Waals surface area (Å²) in [5.41, 5.74) is 1.40. The molecule has 4 heteroatoms. The van der Waals surface area contributed by atoms with Gasteiger partial charge in [-0.05, 0) is 70.0 Å². The SMILES string of the molecule is CC(=O)c1ccc(NC(=O)[C@@H](C)N2CCC(C)CC2)cc1. The Morgan fingerprint density at radius 1 is 1.19 bits per heavy atom. The Hall–Kier alpha value is -1.68. The summed E-state index contributed by atoms with van der Waals surface area (Å²) in [7, 11) is 0. The van der Waals surface area contributed by atoms with Crippen LogP contribution >= 0.6 is 0 Å². The van der Waals surface area contributed by atoms with E-state index in [1.165, 1.54) is 6.92 Å². The van der Waals surface area contributed by atoms with Gasteiger partial charge in [0.15, 0.2) is 5.78 Å². The van der Waals surface area contributed by atoms with Crippen molar-refractivity contribution >= 4 is 17.4 Å². The van der Waals surface area contributed by atoms with E-state index in [-0.39, 0.29) is 17.7 Å². The van der Waals surface area contributed by atoms with Gasteiger partial charge in [0.1, 0.15) is 0 Å². The molecule has 114 valence electrons. The van der Waals surface area contributed by atoms with Crippen LogP contribution in [0.3, 0.4) is 0 Å². The zero-order chi connectivity index (χ0) is 15.4. The average molecular weight is 288 g/mol. The molecule has 1 atom stereocenters. The minimum absolute atomic E-state index is 0.0140. The topological polar surface area (TPSA) is 49.4 Å². The van der Waals surface area contributed by atoms with Crippen molar-refractivity contribution in [3.8, 4) is 0 Å². The lowest BCUT2D eigenvalue weighted by Crippen LogP contribution is -2.45. The Balaban J connectivity index is 1.92. The number of Topliss-reactive ketones (excluding diaryl/α,β-unsaturated/α-hetero) is 1. The number of carbonyl (C=O) groups is 2. The van der Waals surface area contributed by atoms with Gasteiger partial charge in [-0.25, -0.2) is 0 Å². The van der Waals surface area contributed by atoms with Gasteiger partial charge in [-0.2, -0.15) is 0 Å². The van der Waals surface area contributed by atoms with Crippen molar-refractivity contribution in [2.24, 2.45) is 5.92 Å². The normalized spacial score (nSPS) is 18.2. The molecule has 0 bridgehead atoms. The van der Waals surface area contributed by atoms with E-state index < -0.39 is 0 Å². The van der Waals surface area contributed by atoms with Crippen molar-refractivity contribution in [2.45, 2.75) is 39.7 Å². The van der Waals surface area contributed by atoms with Crippen LogP contribution in [0.25, 0.3) is 0 Å². The second kappa shape index (κ2) is 6.85. The van der Waals surface area contributed by atoms with Crippen LogP contribution in [0.15, 0.2) is 24.3 Å². The number of ketones is 1. The maximum atomic E-state index is 12.3. The van der Waals surface area contributed by atoms with Crippen molar-refractivity contribution in [3.63, 3.8) is 0 Å². The van der Waals surface area contributed by atoms with Gasteiger partial charge < -0.3 is 5.32 Å². The van der Waals surface area contributed by atoms with Gasteiger partial charge in [0.25, 0.3) is 0 Å². The van der Waals surface area contributed by atoms with Crippen LogP contribution in [0.4, 0.5) is 5.69 Å². The van der Waals surface area contributed by atoms with E-state index in [9.17, 15) is 9.59 Å². The summed E-state index contributed by atoms with van der Waals surface area (Å²) in [5, 5.41) is 2.92. The Bertz CT molecular complexity index is 502. The molecule has 4 nitrogen and oxygen atoms in total. The first kappa shape index (κ1) is 15.7. The third-order valence-electron chi connectivity index (χ3n) is 4.30. The zero-order valence-corrected chi connectivity index (χ0v) is 13.1. The molecule has 0 unspecified atom stereocenters. The van der Waals surface area contributed by atoms with Gasteiger partial charge in [0, 0.05) is 11.3 Å². The molecule has 1 N–H and O–H groups in total. The lowest BCUT2D eigenvalue weighted by atomic mass is 9.98. The summed E-state index contributed by atoms with van der Waals surface area (Å²) in [6, 6.07) is 6.92. The maximum absolute atomic E-state index is 12.3. The Morgan fingerprint density at radius 2 is 1.76 bits per heavy atom. The Kier molecular flexibility index (Phi) is 5.12. The number of benzene rings is 1. The zero-order valence-electron chi connectivity index (χ0n) is 13.1. The minimum Gasteiger partial charge on any atom is -0.325 e. The fourth-order valence-electron chi connectivity index (χ4n) is 2.62. The van der Waals surface area contributed by atoms with E-state index >= 15 is 0 Å². The lowest BCUT2D eigenvalue weighted by Gasteiger charge is -2.34. The predicted octanol–water partition coefficient (Wildman–Crippen LogP) is 2.95. The summed E-state index contributed by atoms with van der Waals surface area (Å²) in [5.74, 6) is 0.805. The molecule has 1 fully saturated rings. The highest BCUT2D eigenvalue weighted by Crippen LogP contribution is 2.19. The van der Waals surface area contributed by atoms with E-state index in [0.29, 0.717) is 5.56 Å². The number of amides is 1. The van der Waals surface area contributed by atoms with Gasteiger partial charge in [-0.15, -0.1) is 0 Å². The van der Waals surface area contributed by atoms with Crippen LogP contribution in [0.5, 0.6) is 0 Å². The van der Waals surface area contributed by atoms with Crippen LogP contribution in [0.2, 0.25) is 0 Å². The number of hydrogen-bond donors (Lipinski definition) is 1. The Labute approximate surface area is 126 Å². The minimum atomic E-state index is -0.120. The molecule has 0 spiro atoms. The molecule has 1 amide bonds. The van der Waals surface area contributed by atoms with Crippen LogP contribution in [0, 0.1) is 5.92 Å². The molecule has 1 aliphatic heterocycles. The van der Waals surface area contributed by atoms with Crippen molar-refractivity contribution < 1.29 is 9.59 Å². The smallest absolute Gasteiger partial charge is 0.241 e. The van der Waals surface area contributed by atoms with E-state index in [1.54, 1.807) is 24.3 Å². The van der Waals surface area contributed by atoms with Gasteiger partial charge in [-0.1, -0.05) is 6.92 Å². The number of carbonyl (C=O) groups excluding carboxylic acids is 2. The molecule has 0 saturated carbocycles. The van der Waals surface area contributed by atoms with Gasteiger partial charge in [-0.3, -0.25) is 14.5 Å². The first-order valence-corrected chi connectivity index (χ1v) is 7.63. The van der Waals surface area contributed by atoms with Gasteiger partial charge >= 0.3 is 0 Å². The molecule has 0 aliphatic carbocycles. The molecule has 21 heavy (non-hydrogen) atoms. The molecule has 0 radical (unpaired) electrons. The summed E-state index contributed by atoms with van der Waals surface area (Å²) < 4.78 is 0. The van der Waals surface area contributed by atoms with E-state index in [1.807, 2.05) is 6.92 Å². The van der Waals surface area contributed by atoms with Crippen LogP contribution in [0.1, 0.15) is 44.0 Å². The standard InChI is InChI=1S/C17H24N2O2/c1-12-8-10-19(11-9-12)13(2)17(21)18-16-6-4-15(5-7-16)14(3)20/h4-7,12-13H,8-11H2,1-3H3,(H,18,21)/t13-/m1/s1. The van der Waals surface area contributed by atoms with Crippen molar-refractivity contribution in [1.82, 2.24) is 4.90 Å². The number of nitrogens with one attached hydrogen (secondary N) is 1. The molecule has 1 aromatic carbocycles. The molecule has 1 aliphatic rings. The molecule has 1 heterocycles. The fourth-order valence-corrected chi connectivity index (χ4v) is 2.62. The average Bonchev–Trinajstić information content (AvgIpc) is 2.47. The molecular weight excluding hydrogens is 264 g/mol. The second-order valence-corrected chi connectivity index (χ2v) is 6.02.